The fraction of sp³-hybridized carbons (Fsp3) is 0.455. The Morgan fingerprint density at radius 1 is 1.36 bits per heavy atom. The van der Waals surface area contributed by atoms with Gasteiger partial charge in [-0.3, -0.25) is 0 Å². The largest absolute Gasteiger partial charge is 0.508 e. The molecule has 0 amide bonds. The molecule has 0 aliphatic carbocycles. The van der Waals surface area contributed by atoms with E-state index in [1.54, 1.807) is 18.2 Å². The van der Waals surface area contributed by atoms with Gasteiger partial charge in [-0.15, -0.1) is 0 Å². The van der Waals surface area contributed by atoms with Crippen molar-refractivity contribution in [3.63, 3.8) is 0 Å². The van der Waals surface area contributed by atoms with Crippen molar-refractivity contribution in [2.45, 2.75) is 12.6 Å². The van der Waals surface area contributed by atoms with E-state index in [1.165, 1.54) is 6.07 Å². The minimum Gasteiger partial charge on any atom is -0.508 e. The molecule has 2 nitrogen and oxygen atoms in total. The Labute approximate surface area is 84.0 Å². The molecular weight excluding hydrogens is 181 g/mol. The van der Waals surface area contributed by atoms with Crippen LogP contribution >= 0.6 is 0 Å². The zero-order valence-electron chi connectivity index (χ0n) is 8.57. The molecule has 0 aliphatic rings. The van der Waals surface area contributed by atoms with Crippen LogP contribution in [0.15, 0.2) is 24.3 Å². The quantitative estimate of drug-likeness (QED) is 0.801. The summed E-state index contributed by atoms with van der Waals surface area (Å²) < 4.78 is 13.6. The maximum Gasteiger partial charge on any atom is 0.130 e. The second kappa shape index (κ2) is 4.96. The van der Waals surface area contributed by atoms with Crippen LogP contribution in [0.4, 0.5) is 4.39 Å². The Kier molecular flexibility index (Phi) is 3.89. The Bertz CT molecular complexity index is 288. The van der Waals surface area contributed by atoms with Crippen LogP contribution in [-0.4, -0.2) is 30.6 Å². The first kappa shape index (κ1) is 11.0. The van der Waals surface area contributed by atoms with Crippen molar-refractivity contribution < 1.29 is 9.50 Å². The van der Waals surface area contributed by atoms with Crippen molar-refractivity contribution in [1.29, 1.82) is 0 Å². The molecule has 0 fully saturated rings. The summed E-state index contributed by atoms with van der Waals surface area (Å²) in [5.41, 5.74) is 0.384. The minimum atomic E-state index is -1.08. The first-order chi connectivity index (χ1) is 6.61. The summed E-state index contributed by atoms with van der Waals surface area (Å²) in [6.07, 6.45) is -0.677. The molecule has 1 aromatic carbocycles. The molecule has 1 unspecified atom stereocenters. The average molecular weight is 197 g/mol. The van der Waals surface area contributed by atoms with Gasteiger partial charge in [0.25, 0.3) is 0 Å². The van der Waals surface area contributed by atoms with Gasteiger partial charge in [-0.2, -0.15) is 0 Å². The molecule has 0 radical (unpaired) electrons. The summed E-state index contributed by atoms with van der Waals surface area (Å²) in [7, 11) is 3.80. The molecule has 1 aromatic rings. The lowest BCUT2D eigenvalue weighted by Gasteiger charge is -2.13. The Hall–Kier alpha value is -1.09. The number of halogens is 1. The molecule has 78 valence electrons. The Morgan fingerprint density at radius 3 is 2.57 bits per heavy atom. The smallest absolute Gasteiger partial charge is 0.130 e. The van der Waals surface area contributed by atoms with Crippen LogP contribution in [0.2, 0.25) is 0 Å². The Balaban J connectivity index is 2.60. The first-order valence-corrected chi connectivity index (χ1v) is 4.68. The van der Waals surface area contributed by atoms with Gasteiger partial charge in [-0.1, -0.05) is 18.2 Å². The molecule has 3 heteroatoms. The van der Waals surface area contributed by atoms with Gasteiger partial charge in [0.1, 0.15) is 11.9 Å². The van der Waals surface area contributed by atoms with E-state index in [-0.39, 0.29) is 5.75 Å². The van der Waals surface area contributed by atoms with E-state index in [9.17, 15) is 9.50 Å². The van der Waals surface area contributed by atoms with Gasteiger partial charge >= 0.3 is 0 Å². The SMILES string of the molecule is CN(C)CCC(F)c1ccccc1O. The van der Waals surface area contributed by atoms with E-state index >= 15 is 0 Å². The number of rotatable bonds is 4. The molecule has 1 rings (SSSR count). The maximum atomic E-state index is 13.6. The standard InChI is InChI=1S/C11H16FNO/c1-13(2)8-7-10(12)9-5-3-4-6-11(9)14/h3-6,10,14H,7-8H2,1-2H3. The second-order valence-corrected chi connectivity index (χ2v) is 3.62. The molecule has 0 saturated carbocycles. The number of alkyl halides is 1. The zero-order valence-corrected chi connectivity index (χ0v) is 8.57. The molecule has 0 heterocycles. The summed E-state index contributed by atoms with van der Waals surface area (Å²) in [5, 5.41) is 9.39. The van der Waals surface area contributed by atoms with Gasteiger partial charge in [0, 0.05) is 12.1 Å². The van der Waals surface area contributed by atoms with Crippen molar-refractivity contribution >= 4 is 0 Å². The monoisotopic (exact) mass is 197 g/mol. The predicted octanol–water partition coefficient (Wildman–Crippen LogP) is 2.35. The highest BCUT2D eigenvalue weighted by atomic mass is 19.1. The van der Waals surface area contributed by atoms with E-state index in [4.69, 9.17) is 0 Å². The van der Waals surface area contributed by atoms with Crippen LogP contribution in [0.3, 0.4) is 0 Å². The second-order valence-electron chi connectivity index (χ2n) is 3.62. The third kappa shape index (κ3) is 3.00. The van der Waals surface area contributed by atoms with Crippen molar-refractivity contribution in [2.75, 3.05) is 20.6 Å². The molecule has 14 heavy (non-hydrogen) atoms. The number of hydrogen-bond acceptors (Lipinski definition) is 2. The Morgan fingerprint density at radius 2 is 2.00 bits per heavy atom. The minimum absolute atomic E-state index is 0.0405. The number of para-hydroxylation sites is 1. The van der Waals surface area contributed by atoms with E-state index in [2.05, 4.69) is 0 Å². The van der Waals surface area contributed by atoms with Gasteiger partial charge in [0.05, 0.1) is 0 Å². The van der Waals surface area contributed by atoms with Gasteiger partial charge in [-0.25, -0.2) is 4.39 Å². The topological polar surface area (TPSA) is 23.5 Å². The number of aromatic hydroxyl groups is 1. The van der Waals surface area contributed by atoms with E-state index < -0.39 is 6.17 Å². The lowest BCUT2D eigenvalue weighted by molar-refractivity contribution is 0.272. The fourth-order valence-electron chi connectivity index (χ4n) is 1.28. The molecule has 0 spiro atoms. The molecule has 0 aliphatic heterocycles. The molecular formula is C11H16FNO. The summed E-state index contributed by atoms with van der Waals surface area (Å²) >= 11 is 0. The maximum absolute atomic E-state index is 13.6. The van der Waals surface area contributed by atoms with Gasteiger partial charge in [-0.05, 0) is 26.6 Å². The summed E-state index contributed by atoms with van der Waals surface area (Å²) in [4.78, 5) is 1.92. The van der Waals surface area contributed by atoms with E-state index in [1.807, 2.05) is 19.0 Å². The van der Waals surface area contributed by atoms with Gasteiger partial charge in [0.15, 0.2) is 0 Å². The lowest BCUT2D eigenvalue weighted by atomic mass is 10.1. The number of hydrogen-bond donors (Lipinski definition) is 1. The van der Waals surface area contributed by atoms with Gasteiger partial charge < -0.3 is 10.0 Å². The molecule has 0 aromatic heterocycles. The van der Waals surface area contributed by atoms with Crippen LogP contribution in [0.25, 0.3) is 0 Å². The number of phenolic OH excluding ortho intramolecular Hbond substituents is 1. The van der Waals surface area contributed by atoms with E-state index in [0.29, 0.717) is 18.5 Å². The van der Waals surface area contributed by atoms with Crippen LogP contribution in [0.5, 0.6) is 5.75 Å². The predicted molar refractivity (Wildman–Crippen MR) is 55.1 cm³/mol. The molecule has 1 atom stereocenters. The van der Waals surface area contributed by atoms with Crippen LogP contribution in [-0.2, 0) is 0 Å². The summed E-state index contributed by atoms with van der Waals surface area (Å²) in [6.45, 7) is 0.676. The highest BCUT2D eigenvalue weighted by molar-refractivity contribution is 5.33. The number of nitrogens with zero attached hydrogens (tertiary/aromatic N) is 1. The molecule has 0 bridgehead atoms. The van der Waals surface area contributed by atoms with Crippen molar-refractivity contribution in [2.24, 2.45) is 0 Å². The normalized spacial score (nSPS) is 13.1. The highest BCUT2D eigenvalue weighted by Gasteiger charge is 2.13. The third-order valence-electron chi connectivity index (χ3n) is 2.10. The number of phenols is 1. The molecule has 0 saturated heterocycles. The third-order valence-corrected chi connectivity index (χ3v) is 2.10. The van der Waals surface area contributed by atoms with Crippen LogP contribution < -0.4 is 0 Å². The lowest BCUT2D eigenvalue weighted by Crippen LogP contribution is -2.14. The van der Waals surface area contributed by atoms with Gasteiger partial charge in [0.2, 0.25) is 0 Å². The number of benzene rings is 1. The van der Waals surface area contributed by atoms with Crippen LogP contribution in [0, 0.1) is 0 Å². The highest BCUT2D eigenvalue weighted by Crippen LogP contribution is 2.28. The van der Waals surface area contributed by atoms with E-state index in [0.717, 1.165) is 0 Å². The van der Waals surface area contributed by atoms with Crippen molar-refractivity contribution in [3.8, 4) is 5.75 Å². The fourth-order valence-corrected chi connectivity index (χ4v) is 1.28. The molecule has 1 N–H and O–H groups in total. The average Bonchev–Trinajstić information content (AvgIpc) is 2.15. The first-order valence-electron chi connectivity index (χ1n) is 4.68. The summed E-state index contributed by atoms with van der Waals surface area (Å²) in [6, 6.07) is 6.56. The zero-order chi connectivity index (χ0) is 10.6. The van der Waals surface area contributed by atoms with Crippen LogP contribution in [0.1, 0.15) is 18.2 Å². The summed E-state index contributed by atoms with van der Waals surface area (Å²) in [5.74, 6) is 0.0405. The van der Waals surface area contributed by atoms with Crippen molar-refractivity contribution in [1.82, 2.24) is 4.90 Å². The van der Waals surface area contributed by atoms with Crippen molar-refractivity contribution in [3.05, 3.63) is 29.8 Å².